The van der Waals surface area contributed by atoms with Crippen LogP contribution in [0.2, 0.25) is 5.02 Å². The maximum atomic E-state index is 5.91. The molecule has 0 atom stereocenters. The highest BCUT2D eigenvalue weighted by Gasteiger charge is 2.45. The summed E-state index contributed by atoms with van der Waals surface area (Å²) in [6.45, 7) is 1.10. The van der Waals surface area contributed by atoms with Crippen LogP contribution in [-0.2, 0) is 0 Å². The number of hydrogen-bond donors (Lipinski definition) is 1. The van der Waals surface area contributed by atoms with Crippen LogP contribution in [0.15, 0.2) is 23.1 Å². The first-order valence-electron chi connectivity index (χ1n) is 4.50. The van der Waals surface area contributed by atoms with Crippen LogP contribution < -0.4 is 5.32 Å². The molecule has 13 heavy (non-hydrogen) atoms. The summed E-state index contributed by atoms with van der Waals surface area (Å²) in [6.07, 6.45) is 2.71. The molecular weight excluding hydrogens is 202 g/mol. The Morgan fingerprint density at radius 1 is 1.38 bits per heavy atom. The lowest BCUT2D eigenvalue weighted by atomic mass is 10.3. The van der Waals surface area contributed by atoms with E-state index in [0.29, 0.717) is 4.75 Å². The summed E-state index contributed by atoms with van der Waals surface area (Å²) in [7, 11) is 0. The van der Waals surface area contributed by atoms with Crippen LogP contribution >= 0.6 is 23.4 Å². The largest absolute Gasteiger partial charge is 0.383 e. The highest BCUT2D eigenvalue weighted by atomic mass is 35.5. The second-order valence-electron chi connectivity index (χ2n) is 3.78. The molecule has 1 N–H and O–H groups in total. The fourth-order valence-corrected chi connectivity index (χ4v) is 3.14. The second-order valence-corrected chi connectivity index (χ2v) is 5.73. The lowest BCUT2D eigenvalue weighted by Crippen LogP contribution is -2.22. The second kappa shape index (κ2) is 2.58. The van der Waals surface area contributed by atoms with Crippen molar-refractivity contribution in [2.45, 2.75) is 22.5 Å². The average Bonchev–Trinajstić information content (AvgIpc) is 2.87. The van der Waals surface area contributed by atoms with Gasteiger partial charge in [0.05, 0.1) is 0 Å². The first-order chi connectivity index (χ1) is 6.27. The van der Waals surface area contributed by atoms with Gasteiger partial charge >= 0.3 is 0 Å². The number of hydrogen-bond acceptors (Lipinski definition) is 2. The monoisotopic (exact) mass is 211 g/mol. The first kappa shape index (κ1) is 8.01. The molecule has 3 heteroatoms. The Morgan fingerprint density at radius 2 is 2.23 bits per heavy atom. The van der Waals surface area contributed by atoms with Crippen LogP contribution in [0, 0.1) is 0 Å². The Kier molecular flexibility index (Phi) is 1.59. The zero-order valence-electron chi connectivity index (χ0n) is 7.14. The van der Waals surface area contributed by atoms with Gasteiger partial charge in [0.2, 0.25) is 0 Å². The molecule has 1 aliphatic heterocycles. The van der Waals surface area contributed by atoms with Gasteiger partial charge in [0.25, 0.3) is 0 Å². The average molecular weight is 212 g/mol. The SMILES string of the molecule is Clc1ccc2c(c1)NCC1(CC1)S2. The predicted molar refractivity (Wildman–Crippen MR) is 57.8 cm³/mol. The van der Waals surface area contributed by atoms with Crippen molar-refractivity contribution in [3.8, 4) is 0 Å². The molecule has 1 saturated carbocycles. The minimum atomic E-state index is 0.529. The van der Waals surface area contributed by atoms with Gasteiger partial charge in [-0.1, -0.05) is 11.6 Å². The van der Waals surface area contributed by atoms with Crippen molar-refractivity contribution in [2.75, 3.05) is 11.9 Å². The Morgan fingerprint density at radius 3 is 3.00 bits per heavy atom. The van der Waals surface area contributed by atoms with Gasteiger partial charge in [0.15, 0.2) is 0 Å². The van der Waals surface area contributed by atoms with Crippen molar-refractivity contribution in [2.24, 2.45) is 0 Å². The number of anilines is 1. The van der Waals surface area contributed by atoms with E-state index in [2.05, 4.69) is 11.4 Å². The van der Waals surface area contributed by atoms with Gasteiger partial charge in [-0.3, -0.25) is 0 Å². The van der Waals surface area contributed by atoms with Crippen LogP contribution in [-0.4, -0.2) is 11.3 Å². The van der Waals surface area contributed by atoms with E-state index in [4.69, 9.17) is 11.6 Å². The van der Waals surface area contributed by atoms with Gasteiger partial charge in [0, 0.05) is 26.9 Å². The maximum Gasteiger partial charge on any atom is 0.0494 e. The van der Waals surface area contributed by atoms with Crippen LogP contribution in [0.4, 0.5) is 5.69 Å². The van der Waals surface area contributed by atoms with Gasteiger partial charge in [-0.25, -0.2) is 0 Å². The van der Waals surface area contributed by atoms with E-state index in [1.54, 1.807) is 0 Å². The van der Waals surface area contributed by atoms with Crippen molar-refractivity contribution in [3.05, 3.63) is 23.2 Å². The molecule has 68 valence electrons. The maximum absolute atomic E-state index is 5.91. The third kappa shape index (κ3) is 1.32. The summed E-state index contributed by atoms with van der Waals surface area (Å²) in [4.78, 5) is 1.35. The standard InChI is InChI=1S/C10H10ClNS/c11-7-1-2-9-8(5-7)12-6-10(13-9)3-4-10/h1-2,5,12H,3-4,6H2. The number of benzene rings is 1. The van der Waals surface area contributed by atoms with E-state index in [1.165, 1.54) is 23.4 Å². The molecule has 3 rings (SSSR count). The third-order valence-corrected chi connectivity index (χ3v) is 4.47. The van der Waals surface area contributed by atoms with Crippen molar-refractivity contribution < 1.29 is 0 Å². The Labute approximate surface area is 86.9 Å². The Bertz CT molecular complexity index is 360. The summed E-state index contributed by atoms with van der Waals surface area (Å²) < 4.78 is 0.529. The molecule has 0 saturated heterocycles. The molecule has 1 spiro atoms. The molecule has 1 heterocycles. The molecule has 1 aromatic rings. The molecule has 0 unspecified atom stereocenters. The van der Waals surface area contributed by atoms with Gasteiger partial charge < -0.3 is 5.32 Å². The van der Waals surface area contributed by atoms with Crippen LogP contribution in [0.3, 0.4) is 0 Å². The summed E-state index contributed by atoms with van der Waals surface area (Å²) in [6, 6.07) is 6.10. The number of rotatable bonds is 0. The minimum absolute atomic E-state index is 0.529. The van der Waals surface area contributed by atoms with Crippen molar-refractivity contribution in [1.82, 2.24) is 0 Å². The first-order valence-corrected chi connectivity index (χ1v) is 5.69. The fraction of sp³-hybridized carbons (Fsp3) is 0.400. The van der Waals surface area contributed by atoms with E-state index in [1.807, 2.05) is 23.9 Å². The molecule has 1 fully saturated rings. The summed E-state index contributed by atoms with van der Waals surface area (Å²) in [5, 5.41) is 4.27. The number of thioether (sulfide) groups is 1. The van der Waals surface area contributed by atoms with Gasteiger partial charge in [-0.05, 0) is 31.0 Å². The van der Waals surface area contributed by atoms with Gasteiger partial charge in [-0.15, -0.1) is 11.8 Å². The lowest BCUT2D eigenvalue weighted by molar-refractivity contribution is 0.923. The van der Waals surface area contributed by atoms with Crippen molar-refractivity contribution in [1.29, 1.82) is 0 Å². The fourth-order valence-electron chi connectivity index (χ4n) is 1.67. The van der Waals surface area contributed by atoms with Crippen LogP contribution in [0.5, 0.6) is 0 Å². The molecule has 0 radical (unpaired) electrons. The molecule has 2 aliphatic rings. The molecule has 1 aromatic carbocycles. The minimum Gasteiger partial charge on any atom is -0.383 e. The molecule has 1 aliphatic carbocycles. The number of nitrogens with one attached hydrogen (secondary N) is 1. The zero-order valence-corrected chi connectivity index (χ0v) is 8.71. The van der Waals surface area contributed by atoms with Crippen molar-refractivity contribution in [3.63, 3.8) is 0 Å². The molecule has 0 amide bonds. The van der Waals surface area contributed by atoms with E-state index in [-0.39, 0.29) is 0 Å². The van der Waals surface area contributed by atoms with Crippen molar-refractivity contribution >= 4 is 29.1 Å². The van der Waals surface area contributed by atoms with E-state index in [0.717, 1.165) is 11.6 Å². The van der Waals surface area contributed by atoms with E-state index < -0.39 is 0 Å². The van der Waals surface area contributed by atoms with Gasteiger partial charge in [-0.2, -0.15) is 0 Å². The normalized spacial score (nSPS) is 22.2. The van der Waals surface area contributed by atoms with E-state index >= 15 is 0 Å². The highest BCUT2D eigenvalue weighted by Crippen LogP contribution is 2.55. The number of halogens is 1. The summed E-state index contributed by atoms with van der Waals surface area (Å²) >= 11 is 7.93. The number of fused-ring (bicyclic) bond motifs is 1. The summed E-state index contributed by atoms with van der Waals surface area (Å²) in [5.74, 6) is 0. The topological polar surface area (TPSA) is 12.0 Å². The zero-order chi connectivity index (χ0) is 8.89. The smallest absolute Gasteiger partial charge is 0.0494 e. The third-order valence-electron chi connectivity index (χ3n) is 2.68. The van der Waals surface area contributed by atoms with Gasteiger partial charge in [0.1, 0.15) is 0 Å². The Hall–Kier alpha value is -0.340. The molecule has 0 bridgehead atoms. The Balaban J connectivity index is 2.00. The summed E-state index contributed by atoms with van der Waals surface area (Å²) in [5.41, 5.74) is 1.20. The molecule has 1 nitrogen and oxygen atoms in total. The van der Waals surface area contributed by atoms with Crippen LogP contribution in [0.25, 0.3) is 0 Å². The highest BCUT2D eigenvalue weighted by molar-refractivity contribution is 8.01. The van der Waals surface area contributed by atoms with E-state index in [9.17, 15) is 0 Å². The quantitative estimate of drug-likeness (QED) is 0.706. The van der Waals surface area contributed by atoms with Crippen LogP contribution in [0.1, 0.15) is 12.8 Å². The predicted octanol–water partition coefficient (Wildman–Crippen LogP) is 3.39. The lowest BCUT2D eigenvalue weighted by Gasteiger charge is -2.25. The molecule has 0 aromatic heterocycles. The molecular formula is C10H10ClNS.